The molecule has 0 unspecified atom stereocenters. The van der Waals surface area contributed by atoms with Crippen LogP contribution in [0.5, 0.6) is 0 Å². The van der Waals surface area contributed by atoms with Crippen molar-refractivity contribution in [3.63, 3.8) is 0 Å². The topological polar surface area (TPSA) is 43.8 Å². The second kappa shape index (κ2) is 5.09. The van der Waals surface area contributed by atoms with Gasteiger partial charge in [-0.2, -0.15) is 5.10 Å². The van der Waals surface area contributed by atoms with Gasteiger partial charge in [-0.05, 0) is 33.6 Å². The van der Waals surface area contributed by atoms with Gasteiger partial charge in [-0.1, -0.05) is 24.3 Å². The summed E-state index contributed by atoms with van der Waals surface area (Å²) < 4.78 is 2.79. The molecule has 0 atom stereocenters. The van der Waals surface area contributed by atoms with Crippen LogP contribution in [0.1, 0.15) is 5.56 Å². The Morgan fingerprint density at radius 2 is 2.06 bits per heavy atom. The van der Waals surface area contributed by atoms with Crippen molar-refractivity contribution < 1.29 is 0 Å². The highest BCUT2D eigenvalue weighted by molar-refractivity contribution is 9.10. The van der Waals surface area contributed by atoms with Crippen molar-refractivity contribution in [2.45, 2.75) is 0 Å². The van der Waals surface area contributed by atoms with E-state index in [-0.39, 0.29) is 0 Å². The van der Waals surface area contributed by atoms with E-state index in [2.05, 4.69) is 21.0 Å². The zero-order chi connectivity index (χ0) is 11.4. The van der Waals surface area contributed by atoms with Gasteiger partial charge in [0, 0.05) is 12.7 Å². The van der Waals surface area contributed by atoms with E-state index in [0.717, 1.165) is 15.7 Å². The Morgan fingerprint density at radius 1 is 1.31 bits per heavy atom. The molecule has 2 rings (SSSR count). The maximum absolute atomic E-state index is 5.39. The first-order valence-corrected chi connectivity index (χ1v) is 5.76. The molecular weight excluding hydrogens is 266 g/mol. The molecule has 0 amide bonds. The molecule has 0 spiro atoms. The highest BCUT2D eigenvalue weighted by Crippen LogP contribution is 2.13. The van der Waals surface area contributed by atoms with Crippen LogP contribution in [0.2, 0.25) is 0 Å². The lowest BCUT2D eigenvalue weighted by Crippen LogP contribution is -1.94. The number of hydrogen-bond donors (Lipinski definition) is 1. The molecular formula is C12H12BrN3. The second-order valence-electron chi connectivity index (χ2n) is 3.33. The predicted octanol–water partition coefficient (Wildman–Crippen LogP) is 2.61. The highest BCUT2D eigenvalue weighted by atomic mass is 79.9. The molecule has 16 heavy (non-hydrogen) atoms. The maximum Gasteiger partial charge on any atom is 0.0646 e. The third-order valence-electron chi connectivity index (χ3n) is 2.16. The fraction of sp³-hybridized carbons (Fsp3) is 0.0833. The zero-order valence-corrected chi connectivity index (χ0v) is 10.3. The smallest absolute Gasteiger partial charge is 0.0646 e. The van der Waals surface area contributed by atoms with Crippen LogP contribution in [0, 0.1) is 0 Å². The Balaban J connectivity index is 2.22. The fourth-order valence-electron chi connectivity index (χ4n) is 1.38. The SMILES string of the molecule is NC/C=C/c1ccc(-n2cc(Br)cn2)cc1. The minimum atomic E-state index is 0.563. The van der Waals surface area contributed by atoms with Crippen molar-refractivity contribution in [3.8, 4) is 5.69 Å². The van der Waals surface area contributed by atoms with E-state index in [0.29, 0.717) is 6.54 Å². The van der Waals surface area contributed by atoms with E-state index in [4.69, 9.17) is 5.73 Å². The molecule has 0 aliphatic carbocycles. The lowest BCUT2D eigenvalue weighted by molar-refractivity contribution is 0.880. The third-order valence-corrected chi connectivity index (χ3v) is 2.56. The van der Waals surface area contributed by atoms with E-state index >= 15 is 0 Å². The average Bonchev–Trinajstić information content (AvgIpc) is 2.74. The number of hydrogen-bond acceptors (Lipinski definition) is 2. The summed E-state index contributed by atoms with van der Waals surface area (Å²) >= 11 is 3.37. The van der Waals surface area contributed by atoms with Crippen LogP contribution in [0.15, 0.2) is 47.2 Å². The Bertz CT molecular complexity index is 485. The van der Waals surface area contributed by atoms with Crippen LogP contribution in [-0.2, 0) is 0 Å². The highest BCUT2D eigenvalue weighted by Gasteiger charge is 1.97. The molecule has 1 heterocycles. The van der Waals surface area contributed by atoms with E-state index in [1.165, 1.54) is 0 Å². The number of aromatic nitrogens is 2. The Morgan fingerprint density at radius 3 is 2.62 bits per heavy atom. The number of rotatable bonds is 3. The lowest BCUT2D eigenvalue weighted by atomic mass is 10.2. The quantitative estimate of drug-likeness (QED) is 0.937. The predicted molar refractivity (Wildman–Crippen MR) is 69.4 cm³/mol. The monoisotopic (exact) mass is 277 g/mol. The van der Waals surface area contributed by atoms with Crippen molar-refractivity contribution in [1.29, 1.82) is 0 Å². The molecule has 3 nitrogen and oxygen atoms in total. The molecule has 2 N–H and O–H groups in total. The van der Waals surface area contributed by atoms with E-state index in [1.54, 1.807) is 6.20 Å². The summed E-state index contributed by atoms with van der Waals surface area (Å²) in [4.78, 5) is 0. The summed E-state index contributed by atoms with van der Waals surface area (Å²) in [7, 11) is 0. The van der Waals surface area contributed by atoms with E-state index in [1.807, 2.05) is 47.3 Å². The standard InChI is InChI=1S/C12H12BrN3/c13-11-8-15-16(9-11)12-5-3-10(4-6-12)2-1-7-14/h1-6,8-9H,7,14H2/b2-1+. The van der Waals surface area contributed by atoms with Crippen molar-refractivity contribution in [1.82, 2.24) is 9.78 Å². The van der Waals surface area contributed by atoms with Gasteiger partial charge in [0.1, 0.15) is 0 Å². The summed E-state index contributed by atoms with van der Waals surface area (Å²) in [6.45, 7) is 0.563. The minimum Gasteiger partial charge on any atom is -0.327 e. The van der Waals surface area contributed by atoms with E-state index < -0.39 is 0 Å². The first-order valence-electron chi connectivity index (χ1n) is 4.97. The van der Waals surface area contributed by atoms with Crippen molar-refractivity contribution >= 4 is 22.0 Å². The summed E-state index contributed by atoms with van der Waals surface area (Å²) in [5.41, 5.74) is 7.57. The summed E-state index contributed by atoms with van der Waals surface area (Å²) in [5.74, 6) is 0. The number of benzene rings is 1. The lowest BCUT2D eigenvalue weighted by Gasteiger charge is -2.01. The van der Waals surface area contributed by atoms with Crippen LogP contribution in [0.25, 0.3) is 11.8 Å². The molecule has 0 fully saturated rings. The first kappa shape index (κ1) is 11.1. The summed E-state index contributed by atoms with van der Waals surface area (Å²) in [5, 5.41) is 4.21. The molecule has 2 aromatic rings. The molecule has 1 aromatic heterocycles. The van der Waals surface area contributed by atoms with Crippen LogP contribution in [0.4, 0.5) is 0 Å². The van der Waals surface area contributed by atoms with Gasteiger partial charge in [0.15, 0.2) is 0 Å². The summed E-state index contributed by atoms with van der Waals surface area (Å²) in [6, 6.07) is 8.12. The summed E-state index contributed by atoms with van der Waals surface area (Å²) in [6.07, 6.45) is 7.62. The van der Waals surface area contributed by atoms with Gasteiger partial charge in [0.25, 0.3) is 0 Å². The minimum absolute atomic E-state index is 0.563. The van der Waals surface area contributed by atoms with Gasteiger partial charge in [0.05, 0.1) is 16.4 Å². The van der Waals surface area contributed by atoms with Gasteiger partial charge in [-0.25, -0.2) is 4.68 Å². The molecule has 82 valence electrons. The second-order valence-corrected chi connectivity index (χ2v) is 4.25. The molecule has 0 aliphatic heterocycles. The van der Waals surface area contributed by atoms with Crippen LogP contribution in [-0.4, -0.2) is 16.3 Å². The number of nitrogens with two attached hydrogens (primary N) is 1. The Kier molecular flexibility index (Phi) is 3.54. The van der Waals surface area contributed by atoms with Crippen molar-refractivity contribution in [2.75, 3.05) is 6.54 Å². The van der Waals surface area contributed by atoms with Crippen LogP contribution in [0.3, 0.4) is 0 Å². The first-order chi connectivity index (χ1) is 7.79. The average molecular weight is 278 g/mol. The maximum atomic E-state index is 5.39. The van der Waals surface area contributed by atoms with Gasteiger partial charge in [-0.15, -0.1) is 0 Å². The Hall–Kier alpha value is -1.39. The molecule has 0 bridgehead atoms. The number of halogens is 1. The molecule has 4 heteroatoms. The molecule has 0 saturated carbocycles. The van der Waals surface area contributed by atoms with E-state index in [9.17, 15) is 0 Å². The van der Waals surface area contributed by atoms with Gasteiger partial charge < -0.3 is 5.73 Å². The normalized spacial score (nSPS) is 11.1. The third kappa shape index (κ3) is 2.59. The van der Waals surface area contributed by atoms with Crippen LogP contribution < -0.4 is 5.73 Å². The largest absolute Gasteiger partial charge is 0.327 e. The Labute approximate surface area is 103 Å². The van der Waals surface area contributed by atoms with Gasteiger partial charge in [-0.3, -0.25) is 0 Å². The zero-order valence-electron chi connectivity index (χ0n) is 8.68. The van der Waals surface area contributed by atoms with Crippen LogP contribution >= 0.6 is 15.9 Å². The molecule has 1 aromatic carbocycles. The fourth-order valence-corrected chi connectivity index (χ4v) is 1.67. The molecule has 0 aliphatic rings. The van der Waals surface area contributed by atoms with Gasteiger partial charge >= 0.3 is 0 Å². The van der Waals surface area contributed by atoms with Crippen molar-refractivity contribution in [3.05, 3.63) is 52.8 Å². The molecule has 0 saturated heterocycles. The van der Waals surface area contributed by atoms with Crippen molar-refractivity contribution in [2.24, 2.45) is 5.73 Å². The van der Waals surface area contributed by atoms with Gasteiger partial charge in [0.2, 0.25) is 0 Å². The number of nitrogens with zero attached hydrogens (tertiary/aromatic N) is 2. The molecule has 0 radical (unpaired) electrons.